The molecule has 19 heteroatoms. The maximum atomic E-state index is 13.2. The van der Waals surface area contributed by atoms with Gasteiger partial charge in [-0.1, -0.05) is 408 Å². The first-order chi connectivity index (χ1) is 51.3. The minimum absolute atomic E-state index is 0.108. The van der Waals surface area contributed by atoms with E-state index in [1.54, 1.807) is 0 Å². The van der Waals surface area contributed by atoms with Gasteiger partial charge in [0.1, 0.15) is 19.3 Å². The fourth-order valence-corrected chi connectivity index (χ4v) is 15.0. The van der Waals surface area contributed by atoms with Crippen LogP contribution in [0.2, 0.25) is 0 Å². The number of unbranched alkanes of at least 4 members (excludes halogenated alkanes) is 50. The van der Waals surface area contributed by atoms with Gasteiger partial charge in [0.2, 0.25) is 0 Å². The predicted molar refractivity (Wildman–Crippen MR) is 437 cm³/mol. The van der Waals surface area contributed by atoms with E-state index in [4.69, 9.17) is 37.0 Å². The topological polar surface area (TPSA) is 237 Å². The Morgan fingerprint density at radius 2 is 0.453 bits per heavy atom. The molecule has 0 aromatic carbocycles. The molecule has 0 aliphatic carbocycles. The summed E-state index contributed by atoms with van der Waals surface area (Å²) in [7, 11) is -9.93. The molecule has 8 atom stereocenters. The van der Waals surface area contributed by atoms with Crippen LogP contribution in [0, 0.1) is 17.8 Å². The average Bonchev–Trinajstić information content (AvgIpc) is 0.921. The van der Waals surface area contributed by atoms with Gasteiger partial charge in [-0.3, -0.25) is 37.3 Å². The van der Waals surface area contributed by atoms with Crippen LogP contribution in [0.5, 0.6) is 0 Å². The van der Waals surface area contributed by atoms with E-state index >= 15 is 0 Å². The number of hydrogen-bond acceptors (Lipinski definition) is 15. The third-order valence-electron chi connectivity index (χ3n) is 21.5. The van der Waals surface area contributed by atoms with Crippen LogP contribution in [0.25, 0.3) is 0 Å². The number of esters is 4. The first kappa shape index (κ1) is 104. The monoisotopic (exact) mass is 1550 g/mol. The number of aliphatic hydroxyl groups is 1. The smallest absolute Gasteiger partial charge is 0.462 e. The standard InChI is InChI=1S/C87H170O17P2/c1-8-12-13-14-15-16-17-18-29-35-40-49-56-63-70-86(91)104-83(75-98-85(90)69-62-55-48-43-42-46-53-60-67-80(7)11-4)77-102-106(95,96)100-73-81(88)72-99-105(93,94)101-76-82(74-97-84(89)68-61-54-47-39-34-30-26-25-28-33-38-45-52-59-66-79(6)10-3)103-87(92)71-64-57-50-41-36-31-24-22-20-19-21-23-27-32-37-44-51-58-65-78(5)9-2/h78-83,88H,8-77H2,1-7H3,(H,93,94)(H,95,96)/t78?,79?,80?,81-,82-,83-/m1/s1. The van der Waals surface area contributed by atoms with Gasteiger partial charge in [0, 0.05) is 25.7 Å². The number of aliphatic hydroxyl groups excluding tert-OH is 1. The third kappa shape index (κ3) is 76.1. The number of ether oxygens (including phenoxy) is 4. The number of carbonyl (C=O) groups is 4. The molecule has 0 fully saturated rings. The zero-order valence-corrected chi connectivity index (χ0v) is 71.7. The van der Waals surface area contributed by atoms with Gasteiger partial charge in [-0.25, -0.2) is 9.13 Å². The Labute approximate surface area is 651 Å². The van der Waals surface area contributed by atoms with E-state index < -0.39 is 97.5 Å². The summed E-state index contributed by atoms with van der Waals surface area (Å²) in [4.78, 5) is 73.3. The largest absolute Gasteiger partial charge is 0.472 e. The molecule has 0 spiro atoms. The lowest BCUT2D eigenvalue weighted by molar-refractivity contribution is -0.161. The van der Waals surface area contributed by atoms with Crippen molar-refractivity contribution in [3.8, 4) is 0 Å². The van der Waals surface area contributed by atoms with Gasteiger partial charge in [0.25, 0.3) is 0 Å². The Hall–Kier alpha value is -1.94. The van der Waals surface area contributed by atoms with Crippen molar-refractivity contribution in [3.05, 3.63) is 0 Å². The van der Waals surface area contributed by atoms with Gasteiger partial charge in [0.15, 0.2) is 12.2 Å². The first-order valence-electron chi connectivity index (χ1n) is 45.0. The van der Waals surface area contributed by atoms with E-state index in [-0.39, 0.29) is 25.7 Å². The molecule has 0 radical (unpaired) electrons. The maximum absolute atomic E-state index is 13.2. The number of phosphoric acid groups is 2. The fraction of sp³-hybridized carbons (Fsp3) is 0.954. The Morgan fingerprint density at radius 1 is 0.264 bits per heavy atom. The van der Waals surface area contributed by atoms with Gasteiger partial charge in [0.05, 0.1) is 26.4 Å². The van der Waals surface area contributed by atoms with E-state index in [1.807, 2.05) is 0 Å². The highest BCUT2D eigenvalue weighted by Crippen LogP contribution is 2.45. The molecule has 0 amide bonds. The van der Waals surface area contributed by atoms with Crippen molar-refractivity contribution in [1.82, 2.24) is 0 Å². The van der Waals surface area contributed by atoms with Crippen molar-refractivity contribution in [2.45, 2.75) is 478 Å². The molecular formula is C87H170O17P2. The molecule has 3 N–H and O–H groups in total. The van der Waals surface area contributed by atoms with Crippen molar-refractivity contribution in [3.63, 3.8) is 0 Å². The van der Waals surface area contributed by atoms with Gasteiger partial charge in [-0.05, 0) is 43.4 Å². The lowest BCUT2D eigenvalue weighted by Crippen LogP contribution is -2.30. The van der Waals surface area contributed by atoms with Gasteiger partial charge in [-0.15, -0.1) is 0 Å². The molecule has 17 nitrogen and oxygen atoms in total. The van der Waals surface area contributed by atoms with E-state index in [1.165, 1.54) is 270 Å². The molecule has 0 heterocycles. The van der Waals surface area contributed by atoms with E-state index in [0.29, 0.717) is 25.7 Å². The molecule has 0 rings (SSSR count). The van der Waals surface area contributed by atoms with Crippen LogP contribution in [0.3, 0.4) is 0 Å². The summed E-state index contributed by atoms with van der Waals surface area (Å²) in [5.41, 5.74) is 0. The van der Waals surface area contributed by atoms with Crippen LogP contribution < -0.4 is 0 Å². The molecule has 0 saturated carbocycles. The van der Waals surface area contributed by atoms with Crippen LogP contribution >= 0.6 is 15.6 Å². The molecule has 0 aliphatic rings. The highest BCUT2D eigenvalue weighted by atomic mass is 31.2. The molecule has 630 valence electrons. The Kier molecular flexibility index (Phi) is 75.6. The fourth-order valence-electron chi connectivity index (χ4n) is 13.4. The quantitative estimate of drug-likeness (QED) is 0.0222. The highest BCUT2D eigenvalue weighted by molar-refractivity contribution is 7.47. The number of rotatable bonds is 85. The van der Waals surface area contributed by atoms with Crippen molar-refractivity contribution in [2.75, 3.05) is 39.6 Å². The molecule has 0 aliphatic heterocycles. The van der Waals surface area contributed by atoms with E-state index in [9.17, 15) is 43.2 Å². The van der Waals surface area contributed by atoms with Crippen molar-refractivity contribution in [2.24, 2.45) is 17.8 Å². The van der Waals surface area contributed by atoms with E-state index in [2.05, 4.69) is 48.5 Å². The second-order valence-corrected chi connectivity index (χ2v) is 34.9. The van der Waals surface area contributed by atoms with Crippen LogP contribution in [0.15, 0.2) is 0 Å². The predicted octanol–water partition coefficient (Wildman–Crippen LogP) is 26.5. The summed E-state index contributed by atoms with van der Waals surface area (Å²) in [6.07, 6.45) is 67.8. The number of hydrogen-bond donors (Lipinski definition) is 3. The van der Waals surface area contributed by atoms with Crippen LogP contribution in [0.1, 0.15) is 459 Å². The summed E-state index contributed by atoms with van der Waals surface area (Å²) in [6.45, 7) is 12.1. The molecule has 106 heavy (non-hydrogen) atoms. The molecule has 0 aromatic rings. The van der Waals surface area contributed by atoms with Crippen molar-refractivity contribution >= 4 is 39.5 Å². The van der Waals surface area contributed by atoms with Crippen molar-refractivity contribution < 1.29 is 80.2 Å². The Morgan fingerprint density at radius 3 is 0.670 bits per heavy atom. The van der Waals surface area contributed by atoms with Crippen LogP contribution in [-0.2, 0) is 65.4 Å². The number of carbonyl (C=O) groups excluding carboxylic acids is 4. The first-order valence-corrected chi connectivity index (χ1v) is 48.0. The zero-order valence-electron chi connectivity index (χ0n) is 69.9. The Balaban J connectivity index is 5.25. The van der Waals surface area contributed by atoms with Crippen LogP contribution in [0.4, 0.5) is 0 Å². The van der Waals surface area contributed by atoms with Gasteiger partial charge in [-0.2, -0.15) is 0 Å². The molecular weight excluding hydrogens is 1380 g/mol. The molecule has 0 saturated heterocycles. The normalized spacial score (nSPS) is 14.6. The lowest BCUT2D eigenvalue weighted by Gasteiger charge is -2.21. The zero-order chi connectivity index (χ0) is 77.9. The minimum atomic E-state index is -4.97. The Bertz CT molecular complexity index is 2050. The second kappa shape index (κ2) is 77.0. The van der Waals surface area contributed by atoms with Gasteiger partial charge < -0.3 is 33.8 Å². The van der Waals surface area contributed by atoms with E-state index in [0.717, 1.165) is 108 Å². The lowest BCUT2D eigenvalue weighted by atomic mass is 9.99. The molecule has 5 unspecified atom stereocenters. The summed E-state index contributed by atoms with van der Waals surface area (Å²) >= 11 is 0. The minimum Gasteiger partial charge on any atom is -0.462 e. The SMILES string of the molecule is CCCCCCCCCCCCCCCCC(=O)O[C@H](COC(=O)CCCCCCCCCCC(C)CC)COP(=O)(O)OC[C@H](O)COP(=O)(O)OC[C@@H](COC(=O)CCCCCCCCCCCCCCCCC(C)CC)OC(=O)CCCCCCCCCCCCCCCCCCCCC(C)CC. The van der Waals surface area contributed by atoms with Gasteiger partial charge >= 0.3 is 39.5 Å². The third-order valence-corrected chi connectivity index (χ3v) is 23.4. The summed E-state index contributed by atoms with van der Waals surface area (Å²) in [5.74, 6) is 0.396. The molecule has 0 bridgehead atoms. The highest BCUT2D eigenvalue weighted by Gasteiger charge is 2.31. The van der Waals surface area contributed by atoms with Crippen molar-refractivity contribution in [1.29, 1.82) is 0 Å². The second-order valence-electron chi connectivity index (χ2n) is 32.0. The maximum Gasteiger partial charge on any atom is 0.472 e. The summed E-state index contributed by atoms with van der Waals surface area (Å²) < 4.78 is 68.9. The average molecular weight is 1550 g/mol. The van der Waals surface area contributed by atoms with Crippen LogP contribution in [-0.4, -0.2) is 96.7 Å². The summed E-state index contributed by atoms with van der Waals surface area (Å²) in [6, 6.07) is 0. The molecule has 0 aromatic heterocycles. The number of phosphoric ester groups is 2. The summed E-state index contributed by atoms with van der Waals surface area (Å²) in [5, 5.41) is 10.7.